The van der Waals surface area contributed by atoms with Gasteiger partial charge in [0.25, 0.3) is 15.9 Å². The molecule has 1 amide bonds. The Morgan fingerprint density at radius 1 is 1.16 bits per heavy atom. The SMILES string of the molecule is COc1cc(C(=O)NNS(=O)(=O)c2ccc(C)s2)ccc1OC(C)C. The zero-order valence-electron chi connectivity index (χ0n) is 14.3. The lowest BCUT2D eigenvalue weighted by Crippen LogP contribution is -2.41. The largest absolute Gasteiger partial charge is 0.493 e. The fourth-order valence-corrected chi connectivity index (χ4v) is 4.08. The second kappa shape index (κ2) is 7.85. The molecule has 0 bridgehead atoms. The van der Waals surface area contributed by atoms with Crippen LogP contribution in [0.1, 0.15) is 29.1 Å². The summed E-state index contributed by atoms with van der Waals surface area (Å²) in [7, 11) is -2.34. The average Bonchev–Trinajstić information content (AvgIpc) is 3.00. The summed E-state index contributed by atoms with van der Waals surface area (Å²) >= 11 is 1.12. The molecular formula is C16H20N2O5S2. The minimum atomic E-state index is -3.80. The van der Waals surface area contributed by atoms with E-state index in [1.165, 1.54) is 25.3 Å². The molecule has 0 aliphatic rings. The second-order valence-electron chi connectivity index (χ2n) is 5.46. The summed E-state index contributed by atoms with van der Waals surface area (Å²) in [5.41, 5.74) is 2.43. The molecule has 0 radical (unpaired) electrons. The van der Waals surface area contributed by atoms with E-state index in [-0.39, 0.29) is 15.9 Å². The van der Waals surface area contributed by atoms with Crippen LogP contribution in [0.4, 0.5) is 0 Å². The van der Waals surface area contributed by atoms with Crippen molar-refractivity contribution in [3.63, 3.8) is 0 Å². The molecule has 1 heterocycles. The van der Waals surface area contributed by atoms with Crippen LogP contribution >= 0.6 is 11.3 Å². The molecule has 2 N–H and O–H groups in total. The predicted molar refractivity (Wildman–Crippen MR) is 95.6 cm³/mol. The van der Waals surface area contributed by atoms with Gasteiger partial charge in [0.1, 0.15) is 4.21 Å². The second-order valence-corrected chi connectivity index (χ2v) is 8.65. The lowest BCUT2D eigenvalue weighted by Gasteiger charge is -2.14. The van der Waals surface area contributed by atoms with Crippen LogP contribution < -0.4 is 19.7 Å². The lowest BCUT2D eigenvalue weighted by molar-refractivity contribution is 0.0944. The third-order valence-corrected chi connectivity index (χ3v) is 5.81. The Kier molecular flexibility index (Phi) is 6.04. The van der Waals surface area contributed by atoms with Crippen LogP contribution in [0.15, 0.2) is 34.5 Å². The van der Waals surface area contributed by atoms with Crippen molar-refractivity contribution in [2.45, 2.75) is 31.1 Å². The van der Waals surface area contributed by atoms with Gasteiger partial charge in [-0.15, -0.1) is 16.2 Å². The number of hydrogen-bond donors (Lipinski definition) is 2. The maximum absolute atomic E-state index is 12.2. The maximum atomic E-state index is 12.2. The first kappa shape index (κ1) is 19.2. The van der Waals surface area contributed by atoms with Crippen LogP contribution in [0, 0.1) is 6.92 Å². The third-order valence-electron chi connectivity index (χ3n) is 3.07. The van der Waals surface area contributed by atoms with Gasteiger partial charge >= 0.3 is 0 Å². The summed E-state index contributed by atoms with van der Waals surface area (Å²) in [5.74, 6) is 0.285. The van der Waals surface area contributed by atoms with E-state index < -0.39 is 15.9 Å². The molecule has 0 saturated carbocycles. The maximum Gasteiger partial charge on any atom is 0.266 e. The van der Waals surface area contributed by atoms with Crippen molar-refractivity contribution in [3.8, 4) is 11.5 Å². The molecule has 1 aromatic heterocycles. The average molecular weight is 384 g/mol. The number of nitrogens with one attached hydrogen (secondary N) is 2. The first-order chi connectivity index (χ1) is 11.7. The highest BCUT2D eigenvalue weighted by Gasteiger charge is 2.18. The van der Waals surface area contributed by atoms with E-state index in [1.54, 1.807) is 19.1 Å². The Labute approximate surface area is 151 Å². The first-order valence-corrected chi connectivity index (χ1v) is 9.76. The third kappa shape index (κ3) is 4.94. The number of rotatable bonds is 7. The number of carbonyl (C=O) groups is 1. The number of thiophene rings is 1. The van der Waals surface area contributed by atoms with Crippen molar-refractivity contribution >= 4 is 27.3 Å². The predicted octanol–water partition coefficient (Wildman–Crippen LogP) is 2.48. The number of benzene rings is 1. The van der Waals surface area contributed by atoms with Crippen molar-refractivity contribution in [1.29, 1.82) is 0 Å². The molecule has 7 nitrogen and oxygen atoms in total. The Hall–Kier alpha value is -2.10. The minimum Gasteiger partial charge on any atom is -0.493 e. The van der Waals surface area contributed by atoms with Gasteiger partial charge < -0.3 is 9.47 Å². The molecule has 136 valence electrons. The molecule has 25 heavy (non-hydrogen) atoms. The fourth-order valence-electron chi connectivity index (χ4n) is 1.95. The molecule has 0 spiro atoms. The summed E-state index contributed by atoms with van der Waals surface area (Å²) in [4.78, 5) is 15.1. The number of amides is 1. The van der Waals surface area contributed by atoms with Gasteiger partial charge in [0.05, 0.1) is 13.2 Å². The van der Waals surface area contributed by atoms with Gasteiger partial charge in [0.15, 0.2) is 11.5 Å². The van der Waals surface area contributed by atoms with E-state index in [2.05, 4.69) is 10.3 Å². The summed E-state index contributed by atoms with van der Waals surface area (Å²) in [6, 6.07) is 7.79. The standard InChI is InChI=1S/C16H20N2O5S2/c1-10(2)23-13-7-6-12(9-14(13)22-4)16(19)17-18-25(20,21)15-8-5-11(3)24-15/h5-10,18H,1-4H3,(H,17,19). The molecule has 2 rings (SSSR count). The van der Waals surface area contributed by atoms with E-state index >= 15 is 0 Å². The Morgan fingerprint density at radius 2 is 1.88 bits per heavy atom. The van der Waals surface area contributed by atoms with E-state index in [0.717, 1.165) is 16.2 Å². The van der Waals surface area contributed by atoms with Crippen molar-refractivity contribution in [2.75, 3.05) is 7.11 Å². The number of carbonyl (C=O) groups excluding carboxylic acids is 1. The van der Waals surface area contributed by atoms with Crippen LogP contribution in [0.2, 0.25) is 0 Å². The lowest BCUT2D eigenvalue weighted by atomic mass is 10.2. The molecule has 2 aromatic rings. The quantitative estimate of drug-likeness (QED) is 0.715. The van der Waals surface area contributed by atoms with Crippen LogP contribution in [0.5, 0.6) is 11.5 Å². The van der Waals surface area contributed by atoms with Crippen molar-refractivity contribution in [2.24, 2.45) is 0 Å². The van der Waals surface area contributed by atoms with Gasteiger partial charge in [-0.05, 0) is 51.1 Å². The van der Waals surface area contributed by atoms with Crippen LogP contribution in [0.3, 0.4) is 0 Å². The van der Waals surface area contributed by atoms with Crippen LogP contribution in [-0.4, -0.2) is 27.5 Å². The van der Waals surface area contributed by atoms with Gasteiger partial charge in [-0.25, -0.2) is 8.42 Å². The minimum absolute atomic E-state index is 0.0466. The molecular weight excluding hydrogens is 364 g/mol. The number of hydrazine groups is 1. The Bertz CT molecular complexity index is 859. The van der Waals surface area contributed by atoms with Gasteiger partial charge in [-0.2, -0.15) is 0 Å². The Morgan fingerprint density at radius 3 is 2.44 bits per heavy atom. The number of aryl methyl sites for hydroxylation is 1. The Balaban J connectivity index is 2.10. The topological polar surface area (TPSA) is 93.7 Å². The molecule has 9 heteroatoms. The highest BCUT2D eigenvalue weighted by molar-refractivity contribution is 7.91. The molecule has 1 aromatic carbocycles. The van der Waals surface area contributed by atoms with Gasteiger partial charge in [-0.1, -0.05) is 0 Å². The summed E-state index contributed by atoms with van der Waals surface area (Å²) < 4.78 is 35.2. The molecule has 0 unspecified atom stereocenters. The summed E-state index contributed by atoms with van der Waals surface area (Å²) in [6.07, 6.45) is -0.0466. The zero-order chi connectivity index (χ0) is 18.6. The number of hydrogen-bond acceptors (Lipinski definition) is 6. The normalized spacial score (nSPS) is 11.4. The van der Waals surface area contributed by atoms with E-state index in [4.69, 9.17) is 9.47 Å². The zero-order valence-corrected chi connectivity index (χ0v) is 16.0. The van der Waals surface area contributed by atoms with Crippen molar-refractivity contribution in [1.82, 2.24) is 10.3 Å². The highest BCUT2D eigenvalue weighted by Crippen LogP contribution is 2.29. The summed E-state index contributed by atoms with van der Waals surface area (Å²) in [5, 5.41) is 0. The van der Waals surface area contributed by atoms with Crippen molar-refractivity contribution < 1.29 is 22.7 Å². The van der Waals surface area contributed by atoms with E-state index in [0.29, 0.717) is 11.5 Å². The monoisotopic (exact) mass is 384 g/mol. The van der Waals surface area contributed by atoms with Crippen LogP contribution in [0.25, 0.3) is 0 Å². The van der Waals surface area contributed by atoms with E-state index in [9.17, 15) is 13.2 Å². The fraction of sp³-hybridized carbons (Fsp3) is 0.312. The smallest absolute Gasteiger partial charge is 0.266 e. The molecule has 0 aliphatic carbocycles. The summed E-state index contributed by atoms with van der Waals surface area (Å²) in [6.45, 7) is 5.55. The molecule has 0 fully saturated rings. The highest BCUT2D eigenvalue weighted by atomic mass is 32.2. The number of methoxy groups -OCH3 is 1. The number of ether oxygens (including phenoxy) is 2. The molecule has 0 atom stereocenters. The van der Waals surface area contributed by atoms with Gasteiger partial charge in [0, 0.05) is 10.4 Å². The van der Waals surface area contributed by atoms with Crippen molar-refractivity contribution in [3.05, 3.63) is 40.8 Å². The molecule has 0 aliphatic heterocycles. The van der Waals surface area contributed by atoms with E-state index in [1.807, 2.05) is 13.8 Å². The first-order valence-electron chi connectivity index (χ1n) is 7.46. The molecule has 0 saturated heterocycles. The van der Waals surface area contributed by atoms with Crippen LogP contribution in [-0.2, 0) is 10.0 Å². The van der Waals surface area contributed by atoms with Gasteiger partial charge in [-0.3, -0.25) is 10.2 Å². The van der Waals surface area contributed by atoms with Gasteiger partial charge in [0.2, 0.25) is 0 Å². The number of sulfonamides is 1.